The fraction of sp³-hybridized carbons (Fsp3) is 0.873. The first-order chi connectivity index (χ1) is 47.4. The molecule has 0 amide bonds. The van der Waals surface area contributed by atoms with Gasteiger partial charge in [0.1, 0.15) is 19.3 Å². The molecular weight excluding hydrogens is 1310 g/mol. The van der Waals surface area contributed by atoms with Gasteiger partial charge in [-0.15, -0.1) is 47.0 Å². The third-order valence-corrected chi connectivity index (χ3v) is 16.7. The predicted octanol–water partition coefficient (Wildman–Crippen LogP) is 25.3. The lowest BCUT2D eigenvalue weighted by atomic mass is 10.0. The minimum atomic E-state index is 0.332. The van der Waals surface area contributed by atoms with E-state index in [-0.39, 0.29) is 0 Å². The summed E-state index contributed by atoms with van der Waals surface area (Å²) in [5.41, 5.74) is 3.35. The summed E-state index contributed by atoms with van der Waals surface area (Å²) in [7, 11) is 0. The van der Waals surface area contributed by atoms with E-state index in [9.17, 15) is 0 Å². The van der Waals surface area contributed by atoms with Crippen molar-refractivity contribution < 1.29 is 28.7 Å². The first-order valence-corrected chi connectivity index (χ1v) is 42.9. The van der Waals surface area contributed by atoms with E-state index in [0.717, 1.165) is 137 Å². The molecule has 10 rings (SSSR count). The Bertz CT molecular complexity index is 1860. The maximum atomic E-state index is 5.24. The Kier molecular flexibility index (Phi) is 108. The molecule has 0 aromatic heterocycles. The first kappa shape index (κ1) is 117. The molecule has 0 aromatic carbocycles. The molecule has 0 spiro atoms. The van der Waals surface area contributed by atoms with Crippen LogP contribution in [-0.2, 0) is 28.7 Å². The van der Waals surface area contributed by atoms with Crippen molar-refractivity contribution in [3.8, 4) is 0 Å². The van der Waals surface area contributed by atoms with Crippen molar-refractivity contribution in [2.45, 2.75) is 364 Å². The zero-order valence-corrected chi connectivity index (χ0v) is 76.0. The molecule has 10 atom stereocenters. The topological polar surface area (TPSA) is 179 Å². The van der Waals surface area contributed by atoms with Crippen molar-refractivity contribution in [3.63, 3.8) is 0 Å². The monoisotopic (exact) mass is 1480 g/mol. The van der Waals surface area contributed by atoms with Gasteiger partial charge in [0.15, 0.2) is 17.7 Å². The molecule has 0 fully saturated rings. The van der Waals surface area contributed by atoms with Gasteiger partial charge in [0.25, 0.3) is 0 Å². The van der Waals surface area contributed by atoms with Gasteiger partial charge < -0.3 is 28.7 Å². The third kappa shape index (κ3) is 87.2. The van der Waals surface area contributed by atoms with Crippen LogP contribution in [0, 0.1) is 23.7 Å². The number of oxime groups is 3. The predicted molar refractivity (Wildman–Crippen MR) is 465 cm³/mol. The van der Waals surface area contributed by atoms with E-state index < -0.39 is 0 Å². The highest BCUT2D eigenvalue weighted by molar-refractivity contribution is 8.15. The van der Waals surface area contributed by atoms with E-state index in [1.165, 1.54) is 50.3 Å². The van der Waals surface area contributed by atoms with Gasteiger partial charge in [-0.3, -0.25) is 34.9 Å². The molecule has 0 bridgehead atoms. The van der Waals surface area contributed by atoms with Crippen LogP contribution in [0.5, 0.6) is 0 Å². The molecule has 10 aliphatic rings. The summed E-state index contributed by atoms with van der Waals surface area (Å²) in [6, 6.07) is 1.64. The molecule has 0 aliphatic carbocycles. The smallest absolute Gasteiger partial charge is 0.180 e. The minimum absolute atomic E-state index is 0.332. The van der Waals surface area contributed by atoms with Gasteiger partial charge in [-0.25, -0.2) is 0 Å². The summed E-state index contributed by atoms with van der Waals surface area (Å²) >= 11 is 7.49. The normalized spacial score (nSPS) is 23.9. The maximum absolute atomic E-state index is 5.24. The van der Waals surface area contributed by atoms with E-state index in [2.05, 4.69) is 140 Å². The number of rotatable bonds is 0. The molecule has 10 aliphatic heterocycles. The van der Waals surface area contributed by atoms with Crippen LogP contribution in [0.2, 0.25) is 0 Å². The Labute approximate surface area is 634 Å². The van der Waals surface area contributed by atoms with E-state index >= 15 is 0 Å². The Morgan fingerprint density at radius 2 is 0.879 bits per heavy atom. The van der Waals surface area contributed by atoms with Crippen LogP contribution >= 0.6 is 47.0 Å². The quantitative estimate of drug-likeness (QED) is 0.227. The third-order valence-electron chi connectivity index (χ3n) is 12.4. The zero-order valence-electron chi connectivity index (χ0n) is 72.8. The number of thioether (sulfide) groups is 4. The van der Waals surface area contributed by atoms with Gasteiger partial charge in [0, 0.05) is 99.7 Å². The molecule has 0 radical (unpaired) electrons. The minimum Gasteiger partial charge on any atom is -0.481 e. The summed E-state index contributed by atoms with van der Waals surface area (Å²) < 4.78 is 15.5. The van der Waals surface area contributed by atoms with E-state index in [1.807, 2.05) is 234 Å². The van der Waals surface area contributed by atoms with E-state index in [0.29, 0.717) is 48.1 Å². The highest BCUT2D eigenvalue weighted by atomic mass is 32.2. The van der Waals surface area contributed by atoms with E-state index in [1.54, 1.807) is 0 Å². The number of nitrogens with zero attached hydrogens (tertiary/aromatic N) is 10. The molecule has 0 aromatic rings. The molecule has 0 saturated heterocycles. The van der Waals surface area contributed by atoms with Crippen LogP contribution < -0.4 is 0 Å². The van der Waals surface area contributed by atoms with E-state index in [4.69, 9.17) is 28.7 Å². The van der Waals surface area contributed by atoms with Gasteiger partial charge in [-0.1, -0.05) is 189 Å². The lowest BCUT2D eigenvalue weighted by molar-refractivity contribution is 0.0568. The van der Waals surface area contributed by atoms with Crippen molar-refractivity contribution in [2.24, 2.45) is 74.1 Å². The fourth-order valence-electron chi connectivity index (χ4n) is 7.31. The number of hydrogen-bond acceptors (Lipinski definition) is 20. The largest absolute Gasteiger partial charge is 0.481 e. The average molecular weight is 1480 g/mol. The van der Waals surface area contributed by atoms with Crippen molar-refractivity contribution in [3.05, 3.63) is 0 Å². The van der Waals surface area contributed by atoms with Crippen LogP contribution in [0.15, 0.2) is 50.4 Å². The standard InChI is InChI=1S/6C6H11NO.3C6H11NS.C5H9NS.10C2H6/c1-5-3-7-6(2)8-4-5;1-5-3-6(2)7-8-4-5;1-5-3-4-8-6(2)7-5;1-5-3-4-7-6(2)8-5;1-5-3-4-8-7-6(5)2;1-5-3-4-6(2)8-7-5;1-5-3-7-6(2)8-4-5;2*1-5-3-4-8-6(2)7-5;1-4-3-6-5(2)7-4;10*1-2/h5*5H,3-4H2,1-2H3;6H,3-4H2,1-2H3;3*5H,3-4H2,1-2H3;4H,3H2,1-2H3;10*1-2H3. The molecule has 10 heterocycles. The molecule has 20 heteroatoms. The van der Waals surface area contributed by atoms with Gasteiger partial charge in [-0.05, 0) is 133 Å². The van der Waals surface area contributed by atoms with Crippen molar-refractivity contribution in [1.82, 2.24) is 0 Å². The van der Waals surface area contributed by atoms with Gasteiger partial charge in [0.05, 0.1) is 69.2 Å². The molecule has 0 saturated carbocycles. The van der Waals surface area contributed by atoms with Crippen molar-refractivity contribution >= 4 is 102 Å². The highest BCUT2D eigenvalue weighted by Gasteiger charge is 2.14. The first-order valence-electron chi connectivity index (χ1n) is 39.1. The molecule has 16 nitrogen and oxygen atoms in total. The number of hydrogen-bond donors (Lipinski definition) is 0. The average Bonchev–Trinajstić information content (AvgIpc) is 3.73. The summed E-state index contributed by atoms with van der Waals surface area (Å²) in [5, 5.41) is 17.2. The van der Waals surface area contributed by atoms with Crippen molar-refractivity contribution in [2.75, 3.05) is 69.9 Å². The lowest BCUT2D eigenvalue weighted by Crippen LogP contribution is -2.18. The number of aliphatic imine (C=N–C) groups is 7. The number of ether oxygens (including phenoxy) is 3. The zero-order chi connectivity index (χ0) is 79.1. The Morgan fingerprint density at radius 1 is 0.374 bits per heavy atom. The molecule has 99 heavy (non-hydrogen) atoms. The summed E-state index contributed by atoms with van der Waals surface area (Å²) in [6.45, 7) is 88.7. The van der Waals surface area contributed by atoms with Crippen LogP contribution in [0.3, 0.4) is 0 Å². The Hall–Kier alpha value is -3.10. The van der Waals surface area contributed by atoms with Crippen LogP contribution in [0.25, 0.3) is 0 Å². The summed E-state index contributed by atoms with van der Waals surface area (Å²) in [5.74, 6) is 8.98. The Morgan fingerprint density at radius 3 is 1.13 bits per heavy atom. The fourth-order valence-corrected chi connectivity index (χ4v) is 11.0. The second kappa shape index (κ2) is 91.0. The molecular formula is C79H168N10O6S4. The summed E-state index contributed by atoms with van der Waals surface area (Å²) in [4.78, 5) is 44.3. The second-order valence-corrected chi connectivity index (χ2v) is 27.2. The highest BCUT2D eigenvalue weighted by Crippen LogP contribution is 2.20. The van der Waals surface area contributed by atoms with Gasteiger partial charge in [-0.2, -0.15) is 0 Å². The molecule has 10 unspecified atom stereocenters. The SMILES string of the molecule is CC.CC.CC.CC.CC.CC.CC.CC.CC.CC.CC1=NC(C)CCO1.CC1=NC(C)CCS1.CC1=NC(C)CCS1.CC1=NCC(C)CO1.CC1=NCC(C)CS1.CC1=NCC(C)S1.CC1=NCCC(C)O1.CC1=NOC(C)CC1.CC1=NOCC(C)C1.CC1=NOCCC1C. The van der Waals surface area contributed by atoms with Gasteiger partial charge in [0.2, 0.25) is 0 Å². The van der Waals surface area contributed by atoms with Crippen LogP contribution in [-0.4, -0.2) is 160 Å². The maximum Gasteiger partial charge on any atom is 0.180 e. The van der Waals surface area contributed by atoms with Crippen molar-refractivity contribution in [1.29, 1.82) is 0 Å². The summed E-state index contributed by atoms with van der Waals surface area (Å²) in [6.07, 6.45) is 9.79. The second-order valence-electron chi connectivity index (χ2n) is 21.8. The van der Waals surface area contributed by atoms with Crippen LogP contribution in [0.1, 0.15) is 328 Å². The lowest BCUT2D eigenvalue weighted by Gasteiger charge is -2.17. The Balaban J connectivity index is -0.000000108. The van der Waals surface area contributed by atoms with Gasteiger partial charge >= 0.3 is 0 Å². The molecule has 594 valence electrons. The molecule has 0 N–H and O–H groups in total. The van der Waals surface area contributed by atoms with Crippen LogP contribution in [0.4, 0.5) is 0 Å².